The Morgan fingerprint density at radius 2 is 1.94 bits per heavy atom. The van der Waals surface area contributed by atoms with Gasteiger partial charge in [-0.1, -0.05) is 6.07 Å². The minimum atomic E-state index is -1.02. The summed E-state index contributed by atoms with van der Waals surface area (Å²) < 4.78 is 0. The van der Waals surface area contributed by atoms with Gasteiger partial charge in [-0.05, 0) is 38.5 Å². The van der Waals surface area contributed by atoms with Crippen molar-refractivity contribution in [1.29, 1.82) is 0 Å². The molecule has 1 aromatic rings. The van der Waals surface area contributed by atoms with Crippen LogP contribution >= 0.6 is 0 Å². The maximum Gasteiger partial charge on any atom is 0.336 e. The molecular weight excluding hydrogens is 220 g/mol. The molecule has 17 heavy (non-hydrogen) atoms. The van der Waals surface area contributed by atoms with Gasteiger partial charge in [0.25, 0.3) is 0 Å². The van der Waals surface area contributed by atoms with E-state index in [9.17, 15) is 9.59 Å². The molecule has 1 rings (SSSR count). The average Bonchev–Trinajstić information content (AvgIpc) is 2.19. The lowest BCUT2D eigenvalue weighted by molar-refractivity contribution is -0.120. The second kappa shape index (κ2) is 4.55. The molecule has 0 saturated heterocycles. The van der Waals surface area contributed by atoms with Crippen LogP contribution < -0.4 is 11.1 Å². The van der Waals surface area contributed by atoms with E-state index < -0.39 is 11.5 Å². The van der Waals surface area contributed by atoms with E-state index in [1.54, 1.807) is 32.9 Å². The SMILES string of the molecule is Cc1c(NC(=O)C(C)(C)N)cccc1C(=O)O. The fourth-order valence-corrected chi connectivity index (χ4v) is 1.29. The summed E-state index contributed by atoms with van der Waals surface area (Å²) in [5.74, 6) is -1.38. The molecule has 1 amide bonds. The molecule has 0 aromatic heterocycles. The molecule has 0 aliphatic rings. The molecule has 92 valence electrons. The highest BCUT2D eigenvalue weighted by molar-refractivity contribution is 5.99. The molecule has 5 heteroatoms. The van der Waals surface area contributed by atoms with Gasteiger partial charge in [0.05, 0.1) is 11.1 Å². The minimum Gasteiger partial charge on any atom is -0.478 e. The van der Waals surface area contributed by atoms with E-state index in [0.717, 1.165) is 0 Å². The quantitative estimate of drug-likeness (QED) is 0.739. The van der Waals surface area contributed by atoms with Crippen molar-refractivity contribution >= 4 is 17.6 Å². The average molecular weight is 236 g/mol. The number of aromatic carboxylic acids is 1. The highest BCUT2D eigenvalue weighted by Gasteiger charge is 2.22. The Hall–Kier alpha value is -1.88. The first-order valence-electron chi connectivity index (χ1n) is 5.16. The van der Waals surface area contributed by atoms with Gasteiger partial charge in [-0.25, -0.2) is 4.79 Å². The normalized spacial score (nSPS) is 11.1. The molecule has 0 aliphatic carbocycles. The van der Waals surface area contributed by atoms with Crippen LogP contribution in [0.5, 0.6) is 0 Å². The van der Waals surface area contributed by atoms with Gasteiger partial charge in [0.1, 0.15) is 0 Å². The number of carboxylic acids is 1. The molecule has 4 N–H and O–H groups in total. The Kier molecular flexibility index (Phi) is 3.53. The number of nitrogens with one attached hydrogen (secondary N) is 1. The van der Waals surface area contributed by atoms with E-state index in [2.05, 4.69) is 5.32 Å². The van der Waals surface area contributed by atoms with E-state index in [0.29, 0.717) is 11.3 Å². The number of anilines is 1. The second-order valence-electron chi connectivity index (χ2n) is 4.46. The van der Waals surface area contributed by atoms with Gasteiger partial charge in [-0.3, -0.25) is 4.79 Å². The number of carbonyl (C=O) groups is 2. The van der Waals surface area contributed by atoms with Gasteiger partial charge in [0, 0.05) is 5.69 Å². The van der Waals surface area contributed by atoms with Crippen molar-refractivity contribution < 1.29 is 14.7 Å². The van der Waals surface area contributed by atoms with E-state index in [-0.39, 0.29) is 11.5 Å². The van der Waals surface area contributed by atoms with E-state index in [4.69, 9.17) is 10.8 Å². The fraction of sp³-hybridized carbons (Fsp3) is 0.333. The van der Waals surface area contributed by atoms with E-state index in [1.165, 1.54) is 6.07 Å². The first-order chi connectivity index (χ1) is 7.73. The van der Waals surface area contributed by atoms with Crippen molar-refractivity contribution in [3.05, 3.63) is 29.3 Å². The lowest BCUT2D eigenvalue weighted by Crippen LogP contribution is -2.45. The monoisotopic (exact) mass is 236 g/mol. The summed E-state index contributed by atoms with van der Waals surface area (Å²) in [4.78, 5) is 22.6. The zero-order valence-electron chi connectivity index (χ0n) is 10.1. The van der Waals surface area contributed by atoms with Crippen LogP contribution in [0.25, 0.3) is 0 Å². The Bertz CT molecular complexity index is 461. The number of amides is 1. The lowest BCUT2D eigenvalue weighted by atomic mass is 10.0. The van der Waals surface area contributed by atoms with Crippen molar-refractivity contribution in [2.75, 3.05) is 5.32 Å². The topological polar surface area (TPSA) is 92.4 Å². The van der Waals surface area contributed by atoms with E-state index in [1.807, 2.05) is 0 Å². The third-order valence-electron chi connectivity index (χ3n) is 2.40. The van der Waals surface area contributed by atoms with Gasteiger partial charge < -0.3 is 16.2 Å². The summed E-state index contributed by atoms with van der Waals surface area (Å²) in [6.07, 6.45) is 0. The Morgan fingerprint density at radius 3 is 2.41 bits per heavy atom. The summed E-state index contributed by atoms with van der Waals surface area (Å²) in [6.45, 7) is 4.81. The van der Waals surface area contributed by atoms with Crippen molar-refractivity contribution in [1.82, 2.24) is 0 Å². The van der Waals surface area contributed by atoms with Gasteiger partial charge in [0.15, 0.2) is 0 Å². The highest BCUT2D eigenvalue weighted by atomic mass is 16.4. The van der Waals surface area contributed by atoms with Crippen LogP contribution in [0.1, 0.15) is 29.8 Å². The standard InChI is InChI=1S/C12H16N2O3/c1-7-8(10(15)16)5-4-6-9(7)14-11(17)12(2,3)13/h4-6H,13H2,1-3H3,(H,14,17)(H,15,16). The second-order valence-corrected chi connectivity index (χ2v) is 4.46. The molecule has 1 aromatic carbocycles. The lowest BCUT2D eigenvalue weighted by Gasteiger charge is -2.19. The molecule has 5 nitrogen and oxygen atoms in total. The number of hydrogen-bond donors (Lipinski definition) is 3. The predicted molar refractivity (Wildman–Crippen MR) is 65.0 cm³/mol. The molecular formula is C12H16N2O3. The summed E-state index contributed by atoms with van der Waals surface area (Å²) >= 11 is 0. The smallest absolute Gasteiger partial charge is 0.336 e. The Morgan fingerprint density at radius 1 is 1.35 bits per heavy atom. The van der Waals surface area contributed by atoms with Crippen molar-refractivity contribution in [2.24, 2.45) is 5.73 Å². The third kappa shape index (κ3) is 3.04. The molecule has 0 spiro atoms. The third-order valence-corrected chi connectivity index (χ3v) is 2.40. The number of carbonyl (C=O) groups excluding carboxylic acids is 1. The summed E-state index contributed by atoms with van der Waals surface area (Å²) in [7, 11) is 0. The first kappa shape index (κ1) is 13.2. The van der Waals surface area contributed by atoms with Crippen LogP contribution in [0.15, 0.2) is 18.2 Å². The van der Waals surface area contributed by atoms with Crippen LogP contribution in [-0.2, 0) is 4.79 Å². The molecule has 0 unspecified atom stereocenters. The van der Waals surface area contributed by atoms with Crippen LogP contribution in [-0.4, -0.2) is 22.5 Å². The Labute approximate surface area is 99.6 Å². The van der Waals surface area contributed by atoms with Crippen LogP contribution in [0, 0.1) is 6.92 Å². The first-order valence-corrected chi connectivity index (χ1v) is 5.16. The van der Waals surface area contributed by atoms with Crippen LogP contribution in [0.2, 0.25) is 0 Å². The number of hydrogen-bond acceptors (Lipinski definition) is 3. The van der Waals surface area contributed by atoms with Crippen LogP contribution in [0.4, 0.5) is 5.69 Å². The fourth-order valence-electron chi connectivity index (χ4n) is 1.29. The molecule has 0 heterocycles. The number of nitrogens with two attached hydrogens (primary N) is 1. The zero-order valence-corrected chi connectivity index (χ0v) is 10.1. The predicted octanol–water partition coefficient (Wildman–Crippen LogP) is 1.37. The van der Waals surface area contributed by atoms with Gasteiger partial charge in [-0.15, -0.1) is 0 Å². The van der Waals surface area contributed by atoms with Crippen LogP contribution in [0.3, 0.4) is 0 Å². The maximum absolute atomic E-state index is 11.7. The molecule has 0 bridgehead atoms. The summed E-state index contributed by atoms with van der Waals surface area (Å²) in [5, 5.41) is 11.6. The molecule has 0 fully saturated rings. The largest absolute Gasteiger partial charge is 0.478 e. The van der Waals surface area contributed by atoms with Crippen molar-refractivity contribution in [3.8, 4) is 0 Å². The molecule has 0 saturated carbocycles. The number of carboxylic acid groups (broad SMARTS) is 1. The minimum absolute atomic E-state index is 0.164. The summed E-state index contributed by atoms with van der Waals surface area (Å²) in [6, 6.07) is 4.71. The highest BCUT2D eigenvalue weighted by Crippen LogP contribution is 2.19. The molecule has 0 radical (unpaired) electrons. The van der Waals surface area contributed by atoms with Gasteiger partial charge in [-0.2, -0.15) is 0 Å². The Balaban J connectivity index is 3.05. The summed E-state index contributed by atoms with van der Waals surface area (Å²) in [5.41, 5.74) is 5.78. The zero-order chi connectivity index (χ0) is 13.2. The number of rotatable bonds is 3. The van der Waals surface area contributed by atoms with E-state index >= 15 is 0 Å². The van der Waals surface area contributed by atoms with Crippen molar-refractivity contribution in [3.63, 3.8) is 0 Å². The number of benzene rings is 1. The van der Waals surface area contributed by atoms with Gasteiger partial charge in [0.2, 0.25) is 5.91 Å². The van der Waals surface area contributed by atoms with Gasteiger partial charge >= 0.3 is 5.97 Å². The molecule has 0 atom stereocenters. The molecule has 0 aliphatic heterocycles. The maximum atomic E-state index is 11.7. The van der Waals surface area contributed by atoms with Crippen molar-refractivity contribution in [2.45, 2.75) is 26.3 Å².